The number of aliphatic hydroxyl groups is 1. The van der Waals surface area contributed by atoms with Crippen molar-refractivity contribution in [2.75, 3.05) is 5.88 Å². The minimum atomic E-state index is 0.369. The monoisotopic (exact) mass is 157 g/mol. The molecule has 0 aromatic carbocycles. The van der Waals surface area contributed by atoms with Crippen LogP contribution < -0.4 is 5.73 Å². The lowest BCUT2D eigenvalue weighted by atomic mass is 10.2. The van der Waals surface area contributed by atoms with E-state index < -0.39 is 0 Å². The highest BCUT2D eigenvalue weighted by molar-refractivity contribution is 8.00. The second kappa shape index (κ2) is 3.68. The first-order valence-corrected chi connectivity index (χ1v) is 4.27. The molecule has 0 heterocycles. The van der Waals surface area contributed by atoms with Crippen LogP contribution in [0.2, 0.25) is 0 Å². The van der Waals surface area contributed by atoms with E-state index in [1.165, 1.54) is 0 Å². The van der Waals surface area contributed by atoms with E-state index >= 15 is 0 Å². The molecule has 10 heavy (non-hydrogen) atoms. The lowest BCUT2D eigenvalue weighted by Gasteiger charge is -2.11. The van der Waals surface area contributed by atoms with Crippen LogP contribution >= 0.6 is 11.8 Å². The summed E-state index contributed by atoms with van der Waals surface area (Å²) in [5, 5.41) is 9.39. The summed E-state index contributed by atoms with van der Waals surface area (Å²) < 4.78 is 0. The minimum Gasteiger partial charge on any atom is -0.508 e. The van der Waals surface area contributed by atoms with Crippen LogP contribution in [0.25, 0.3) is 0 Å². The van der Waals surface area contributed by atoms with Crippen LogP contribution in [-0.4, -0.2) is 16.2 Å². The van der Waals surface area contributed by atoms with Crippen molar-refractivity contribution in [2.24, 2.45) is 5.73 Å². The summed E-state index contributed by atoms with van der Waals surface area (Å²) in [4.78, 5) is 0. The summed E-state index contributed by atoms with van der Waals surface area (Å²) in [5.74, 6) is 1.01. The third kappa shape index (κ3) is 2.08. The lowest BCUT2D eigenvalue weighted by molar-refractivity contribution is 0.427. The van der Waals surface area contributed by atoms with Gasteiger partial charge in [-0.1, -0.05) is 6.08 Å². The van der Waals surface area contributed by atoms with Crippen LogP contribution in [0.15, 0.2) is 24.0 Å². The van der Waals surface area contributed by atoms with Gasteiger partial charge in [-0.05, 0) is 18.6 Å². The van der Waals surface area contributed by atoms with E-state index in [1.807, 2.05) is 12.2 Å². The van der Waals surface area contributed by atoms with Crippen LogP contribution in [0, 0.1) is 0 Å². The third-order valence-corrected chi connectivity index (χ3v) is 2.32. The topological polar surface area (TPSA) is 46.2 Å². The van der Waals surface area contributed by atoms with Gasteiger partial charge >= 0.3 is 0 Å². The van der Waals surface area contributed by atoms with Crippen LogP contribution in [0.4, 0.5) is 0 Å². The van der Waals surface area contributed by atoms with Gasteiger partial charge in [0.05, 0.1) is 0 Å². The van der Waals surface area contributed by atoms with E-state index in [1.54, 1.807) is 17.8 Å². The Balaban J connectivity index is 2.37. The largest absolute Gasteiger partial charge is 0.508 e. The predicted octanol–water partition coefficient (Wildman–Crippen LogP) is 1.41. The van der Waals surface area contributed by atoms with E-state index in [9.17, 15) is 0 Å². The SMILES string of the molecule is NCS[C@H]1C=CC(O)=CC1. The normalized spacial score (nSPS) is 24.5. The van der Waals surface area contributed by atoms with Crippen LogP contribution in [0.5, 0.6) is 0 Å². The molecule has 0 fully saturated rings. The highest BCUT2D eigenvalue weighted by atomic mass is 32.2. The molecule has 0 aromatic rings. The molecule has 1 rings (SSSR count). The van der Waals surface area contributed by atoms with Crippen molar-refractivity contribution < 1.29 is 5.11 Å². The molecule has 1 atom stereocenters. The molecule has 1 aliphatic rings. The summed E-state index contributed by atoms with van der Waals surface area (Å²) in [6.07, 6.45) is 6.40. The van der Waals surface area contributed by atoms with Crippen molar-refractivity contribution in [3.63, 3.8) is 0 Å². The third-order valence-electron chi connectivity index (χ3n) is 1.35. The van der Waals surface area contributed by atoms with Crippen molar-refractivity contribution in [3.8, 4) is 0 Å². The number of allylic oxidation sites excluding steroid dienone is 2. The number of hydrogen-bond donors (Lipinski definition) is 2. The molecule has 0 aromatic heterocycles. The molecular weight excluding hydrogens is 146 g/mol. The van der Waals surface area contributed by atoms with Gasteiger partial charge in [-0.3, -0.25) is 0 Å². The second-order valence-electron chi connectivity index (χ2n) is 2.10. The Morgan fingerprint density at radius 3 is 3.10 bits per heavy atom. The first-order valence-electron chi connectivity index (χ1n) is 3.22. The lowest BCUT2D eigenvalue weighted by Crippen LogP contribution is -2.05. The van der Waals surface area contributed by atoms with E-state index in [-0.39, 0.29) is 0 Å². The van der Waals surface area contributed by atoms with Gasteiger partial charge in [0.15, 0.2) is 0 Å². The fraction of sp³-hybridized carbons (Fsp3) is 0.429. The molecule has 3 N–H and O–H groups in total. The van der Waals surface area contributed by atoms with Gasteiger partial charge in [-0.2, -0.15) is 0 Å². The molecular formula is C7H11NOS. The summed E-state index contributed by atoms with van der Waals surface area (Å²) in [7, 11) is 0. The zero-order valence-corrected chi connectivity index (χ0v) is 6.47. The van der Waals surface area contributed by atoms with Crippen molar-refractivity contribution in [1.82, 2.24) is 0 Å². The maximum atomic E-state index is 8.93. The molecule has 56 valence electrons. The Kier molecular flexibility index (Phi) is 2.83. The van der Waals surface area contributed by atoms with Crippen LogP contribution in [0.3, 0.4) is 0 Å². The molecule has 0 unspecified atom stereocenters. The molecule has 1 aliphatic carbocycles. The van der Waals surface area contributed by atoms with Gasteiger partial charge in [0, 0.05) is 11.1 Å². The molecule has 0 saturated heterocycles. The van der Waals surface area contributed by atoms with Gasteiger partial charge < -0.3 is 10.8 Å². The number of thioether (sulfide) groups is 1. The quantitative estimate of drug-likeness (QED) is 0.596. The Morgan fingerprint density at radius 2 is 2.60 bits per heavy atom. The summed E-state index contributed by atoms with van der Waals surface area (Å²) >= 11 is 1.69. The van der Waals surface area contributed by atoms with Crippen molar-refractivity contribution in [3.05, 3.63) is 24.0 Å². The molecule has 0 spiro atoms. The number of hydrogen-bond acceptors (Lipinski definition) is 3. The summed E-state index contributed by atoms with van der Waals surface area (Å²) in [6, 6.07) is 0. The first-order chi connectivity index (χ1) is 4.83. The van der Waals surface area contributed by atoms with Crippen molar-refractivity contribution in [2.45, 2.75) is 11.7 Å². The highest BCUT2D eigenvalue weighted by Crippen LogP contribution is 2.19. The summed E-state index contributed by atoms with van der Waals surface area (Å²) in [5.41, 5.74) is 5.34. The standard InChI is InChI=1S/C7H11NOS/c8-5-10-7-3-1-6(9)2-4-7/h1-3,7,9H,4-5,8H2/t7-/m0/s1. The average molecular weight is 157 g/mol. The Bertz CT molecular complexity index is 165. The summed E-state index contributed by atoms with van der Waals surface area (Å²) in [6.45, 7) is 0. The fourth-order valence-electron chi connectivity index (χ4n) is 0.837. The zero-order valence-electron chi connectivity index (χ0n) is 5.66. The smallest absolute Gasteiger partial charge is 0.111 e. The Hall–Kier alpha value is -0.410. The molecule has 0 bridgehead atoms. The van der Waals surface area contributed by atoms with Gasteiger partial charge in [-0.25, -0.2) is 0 Å². The molecule has 2 nitrogen and oxygen atoms in total. The number of rotatable bonds is 2. The van der Waals surface area contributed by atoms with Gasteiger partial charge in [0.25, 0.3) is 0 Å². The van der Waals surface area contributed by atoms with E-state index in [4.69, 9.17) is 10.8 Å². The van der Waals surface area contributed by atoms with Crippen LogP contribution in [-0.2, 0) is 0 Å². The molecule has 0 aliphatic heterocycles. The van der Waals surface area contributed by atoms with E-state index in [0.717, 1.165) is 6.42 Å². The van der Waals surface area contributed by atoms with E-state index in [2.05, 4.69) is 0 Å². The number of nitrogens with two attached hydrogens (primary N) is 1. The number of aliphatic hydroxyl groups excluding tert-OH is 1. The predicted molar refractivity (Wildman–Crippen MR) is 44.9 cm³/mol. The molecule has 0 saturated carbocycles. The van der Waals surface area contributed by atoms with Crippen LogP contribution in [0.1, 0.15) is 6.42 Å². The van der Waals surface area contributed by atoms with Crippen molar-refractivity contribution >= 4 is 11.8 Å². The average Bonchev–Trinajstić information content (AvgIpc) is 1.95. The zero-order chi connectivity index (χ0) is 7.40. The molecule has 0 radical (unpaired) electrons. The van der Waals surface area contributed by atoms with E-state index in [0.29, 0.717) is 16.9 Å². The molecule has 3 heteroatoms. The van der Waals surface area contributed by atoms with Gasteiger partial charge in [-0.15, -0.1) is 11.8 Å². The second-order valence-corrected chi connectivity index (χ2v) is 3.37. The maximum Gasteiger partial charge on any atom is 0.111 e. The van der Waals surface area contributed by atoms with Crippen molar-refractivity contribution in [1.29, 1.82) is 0 Å². The maximum absolute atomic E-state index is 8.93. The molecule has 0 amide bonds. The fourth-order valence-corrected chi connectivity index (χ4v) is 1.51. The highest BCUT2D eigenvalue weighted by Gasteiger charge is 2.06. The van der Waals surface area contributed by atoms with Gasteiger partial charge in [0.2, 0.25) is 0 Å². The minimum absolute atomic E-state index is 0.369. The van der Waals surface area contributed by atoms with Gasteiger partial charge in [0.1, 0.15) is 5.76 Å². The first kappa shape index (κ1) is 7.69. The Morgan fingerprint density at radius 1 is 1.80 bits per heavy atom. The Labute approximate surface area is 64.8 Å².